The number of halogens is 5. The van der Waals surface area contributed by atoms with Crippen molar-refractivity contribution in [3.63, 3.8) is 0 Å². The molecule has 2 rings (SSSR count). The van der Waals surface area contributed by atoms with Gasteiger partial charge in [0.1, 0.15) is 0 Å². The average Bonchev–Trinajstić information content (AvgIpc) is 2.58. The van der Waals surface area contributed by atoms with Gasteiger partial charge in [-0.3, -0.25) is 9.78 Å². The molecule has 0 radical (unpaired) electrons. The third kappa shape index (κ3) is 4.97. The molecule has 0 atom stereocenters. The van der Waals surface area contributed by atoms with Gasteiger partial charge in [-0.25, -0.2) is 0 Å². The lowest BCUT2D eigenvalue weighted by Gasteiger charge is -2.18. The number of aromatic nitrogens is 1. The topological polar surface area (TPSA) is 42.0 Å². The highest BCUT2D eigenvalue weighted by atomic mass is 35.5. The standard InChI is InChI=1S/C20H21Cl2F3N2O/c1-5-12-7-14(21)8-13(6-2)18(12)27-19(28)16-11(4)26-10(3)15(17(16)22)9-20(23,24)25/h7-8H,5-6,9H2,1-4H3,(H,27,28). The Morgan fingerprint density at radius 2 is 1.61 bits per heavy atom. The molecule has 0 aliphatic rings. The largest absolute Gasteiger partial charge is 0.393 e. The Kier molecular flexibility index (Phi) is 6.99. The molecule has 0 aliphatic carbocycles. The Morgan fingerprint density at radius 1 is 1.07 bits per heavy atom. The molecule has 1 aromatic heterocycles. The first-order valence-corrected chi connectivity index (χ1v) is 9.59. The van der Waals surface area contributed by atoms with Crippen LogP contribution >= 0.6 is 23.2 Å². The van der Waals surface area contributed by atoms with Crippen LogP contribution < -0.4 is 5.32 Å². The Morgan fingerprint density at radius 3 is 2.07 bits per heavy atom. The van der Waals surface area contributed by atoms with Gasteiger partial charge in [-0.05, 0) is 49.9 Å². The maximum atomic E-state index is 13.0. The van der Waals surface area contributed by atoms with Crippen LogP contribution in [0.15, 0.2) is 12.1 Å². The highest BCUT2D eigenvalue weighted by Gasteiger charge is 2.32. The summed E-state index contributed by atoms with van der Waals surface area (Å²) < 4.78 is 38.8. The molecule has 1 N–H and O–H groups in total. The molecule has 2 aromatic rings. The normalized spacial score (nSPS) is 11.6. The summed E-state index contributed by atoms with van der Waals surface area (Å²) in [5, 5.41) is 3.16. The van der Waals surface area contributed by atoms with Crippen LogP contribution in [0.2, 0.25) is 10.0 Å². The number of carbonyl (C=O) groups excluding carboxylic acids is 1. The molecule has 0 spiro atoms. The first-order valence-electron chi connectivity index (χ1n) is 8.83. The number of carbonyl (C=O) groups is 1. The van der Waals surface area contributed by atoms with E-state index in [-0.39, 0.29) is 27.5 Å². The van der Waals surface area contributed by atoms with Crippen LogP contribution in [0.25, 0.3) is 0 Å². The summed E-state index contributed by atoms with van der Waals surface area (Å²) in [5.74, 6) is -0.592. The summed E-state index contributed by atoms with van der Waals surface area (Å²) in [6.07, 6.45) is -4.45. The molecule has 1 heterocycles. The van der Waals surface area contributed by atoms with E-state index in [9.17, 15) is 18.0 Å². The molecule has 0 bridgehead atoms. The van der Waals surface area contributed by atoms with Crippen LogP contribution in [0.5, 0.6) is 0 Å². The third-order valence-electron chi connectivity index (χ3n) is 4.49. The number of nitrogens with zero attached hydrogens (tertiary/aromatic N) is 1. The van der Waals surface area contributed by atoms with E-state index in [1.54, 1.807) is 19.1 Å². The number of alkyl halides is 3. The fraction of sp³-hybridized carbons (Fsp3) is 0.400. The van der Waals surface area contributed by atoms with Crippen molar-refractivity contribution in [3.05, 3.63) is 55.8 Å². The van der Waals surface area contributed by atoms with Crippen molar-refractivity contribution in [1.29, 1.82) is 0 Å². The molecule has 1 amide bonds. The van der Waals surface area contributed by atoms with Gasteiger partial charge in [-0.2, -0.15) is 13.2 Å². The van der Waals surface area contributed by atoms with Gasteiger partial charge >= 0.3 is 6.18 Å². The number of anilines is 1. The lowest BCUT2D eigenvalue weighted by molar-refractivity contribution is -0.127. The van der Waals surface area contributed by atoms with Gasteiger partial charge in [0, 0.05) is 22.0 Å². The van der Waals surface area contributed by atoms with E-state index in [2.05, 4.69) is 10.3 Å². The first-order chi connectivity index (χ1) is 13.0. The zero-order valence-electron chi connectivity index (χ0n) is 16.0. The predicted molar refractivity (Wildman–Crippen MR) is 107 cm³/mol. The molecular formula is C20H21Cl2F3N2O. The number of amides is 1. The predicted octanol–water partition coefficient (Wildman–Crippen LogP) is 6.49. The monoisotopic (exact) mass is 432 g/mol. The fourth-order valence-corrected chi connectivity index (χ4v) is 3.82. The third-order valence-corrected chi connectivity index (χ3v) is 5.12. The molecule has 0 unspecified atom stereocenters. The lowest BCUT2D eigenvalue weighted by atomic mass is 10.0. The van der Waals surface area contributed by atoms with Crippen molar-refractivity contribution in [3.8, 4) is 0 Å². The maximum Gasteiger partial charge on any atom is 0.393 e. The average molecular weight is 433 g/mol. The zero-order valence-corrected chi connectivity index (χ0v) is 17.5. The van der Waals surface area contributed by atoms with Gasteiger partial charge in [0.15, 0.2) is 0 Å². The van der Waals surface area contributed by atoms with Crippen molar-refractivity contribution in [1.82, 2.24) is 4.98 Å². The van der Waals surface area contributed by atoms with E-state index in [1.807, 2.05) is 13.8 Å². The molecular weight excluding hydrogens is 412 g/mol. The summed E-state index contributed by atoms with van der Waals surface area (Å²) >= 11 is 12.4. The Bertz CT molecular complexity index is 886. The van der Waals surface area contributed by atoms with E-state index in [0.717, 1.165) is 11.1 Å². The molecule has 0 aliphatic heterocycles. The molecule has 8 heteroatoms. The Hall–Kier alpha value is -1.79. The molecule has 152 valence electrons. The number of hydrogen-bond acceptors (Lipinski definition) is 2. The van der Waals surface area contributed by atoms with Gasteiger partial charge in [0.05, 0.1) is 22.7 Å². The minimum atomic E-state index is -4.46. The van der Waals surface area contributed by atoms with Gasteiger partial charge in [-0.1, -0.05) is 37.0 Å². The van der Waals surface area contributed by atoms with E-state index in [1.165, 1.54) is 6.92 Å². The van der Waals surface area contributed by atoms with Crippen molar-refractivity contribution in [2.75, 3.05) is 5.32 Å². The summed E-state index contributed by atoms with van der Waals surface area (Å²) in [4.78, 5) is 17.1. The molecule has 0 fully saturated rings. The van der Waals surface area contributed by atoms with Crippen LogP contribution in [-0.2, 0) is 19.3 Å². The van der Waals surface area contributed by atoms with Gasteiger partial charge in [0.25, 0.3) is 5.91 Å². The van der Waals surface area contributed by atoms with Crippen LogP contribution in [0.3, 0.4) is 0 Å². The summed E-state index contributed by atoms with van der Waals surface area (Å²) in [6, 6.07) is 3.51. The Balaban J connectivity index is 2.53. The highest BCUT2D eigenvalue weighted by molar-refractivity contribution is 6.35. The number of benzene rings is 1. The van der Waals surface area contributed by atoms with Gasteiger partial charge < -0.3 is 5.32 Å². The van der Waals surface area contributed by atoms with E-state index in [4.69, 9.17) is 23.2 Å². The first kappa shape index (κ1) is 22.5. The van der Waals surface area contributed by atoms with E-state index >= 15 is 0 Å². The van der Waals surface area contributed by atoms with Crippen molar-refractivity contribution in [2.45, 2.75) is 53.1 Å². The second kappa shape index (κ2) is 8.70. The molecule has 3 nitrogen and oxygen atoms in total. The highest BCUT2D eigenvalue weighted by Crippen LogP contribution is 2.33. The summed E-state index contributed by atoms with van der Waals surface area (Å²) in [5.41, 5.74) is 2.47. The van der Waals surface area contributed by atoms with Crippen LogP contribution in [0.4, 0.5) is 18.9 Å². The van der Waals surface area contributed by atoms with Crippen LogP contribution in [-0.4, -0.2) is 17.1 Å². The number of pyridine rings is 1. The van der Waals surface area contributed by atoms with E-state index in [0.29, 0.717) is 23.6 Å². The van der Waals surface area contributed by atoms with Crippen molar-refractivity contribution < 1.29 is 18.0 Å². The van der Waals surface area contributed by atoms with E-state index < -0.39 is 18.5 Å². The quantitative estimate of drug-likeness (QED) is 0.586. The summed E-state index contributed by atoms with van der Waals surface area (Å²) in [6.45, 7) is 6.85. The summed E-state index contributed by atoms with van der Waals surface area (Å²) in [7, 11) is 0. The second-order valence-corrected chi connectivity index (χ2v) is 7.32. The number of nitrogens with one attached hydrogen (secondary N) is 1. The minimum absolute atomic E-state index is 0.0504. The molecule has 0 saturated carbocycles. The number of hydrogen-bond donors (Lipinski definition) is 1. The van der Waals surface area contributed by atoms with Crippen molar-refractivity contribution in [2.24, 2.45) is 0 Å². The number of aryl methyl sites for hydroxylation is 4. The van der Waals surface area contributed by atoms with Crippen LogP contribution in [0, 0.1) is 13.8 Å². The smallest absolute Gasteiger partial charge is 0.321 e. The minimum Gasteiger partial charge on any atom is -0.321 e. The van der Waals surface area contributed by atoms with Crippen molar-refractivity contribution >= 4 is 34.8 Å². The Labute approximate surface area is 172 Å². The van der Waals surface area contributed by atoms with Gasteiger partial charge in [0.2, 0.25) is 0 Å². The molecule has 0 saturated heterocycles. The van der Waals surface area contributed by atoms with Gasteiger partial charge in [-0.15, -0.1) is 0 Å². The molecule has 28 heavy (non-hydrogen) atoms. The fourth-order valence-electron chi connectivity index (χ4n) is 3.13. The lowest BCUT2D eigenvalue weighted by Crippen LogP contribution is -2.20. The maximum absolute atomic E-state index is 13.0. The SMILES string of the molecule is CCc1cc(Cl)cc(CC)c1NC(=O)c1c(C)nc(C)c(CC(F)(F)F)c1Cl. The zero-order chi connectivity index (χ0) is 21.2. The van der Waals surface area contributed by atoms with Crippen LogP contribution in [0.1, 0.15) is 52.3 Å². The second-order valence-electron chi connectivity index (χ2n) is 6.50. The number of rotatable bonds is 5. The molecule has 1 aromatic carbocycles.